The standard InChI is InChI=1S/C14H22N4O3/c1-3-5-14(6-4-7-15-14)13(21)17-11(12(19)20)10-8-16-18(2)9-10/h8-9,11,15H,3-7H2,1-2H3,(H,17,21)(H,19,20). The number of hydrogen-bond donors (Lipinski definition) is 3. The van der Waals surface area contributed by atoms with Gasteiger partial charge in [-0.25, -0.2) is 4.79 Å². The number of carbonyl (C=O) groups excluding carboxylic acids is 1. The number of carbonyl (C=O) groups is 2. The van der Waals surface area contributed by atoms with Crippen molar-refractivity contribution in [2.75, 3.05) is 6.54 Å². The lowest BCUT2D eigenvalue weighted by Gasteiger charge is -2.29. The Bertz CT molecular complexity index is 520. The van der Waals surface area contributed by atoms with Crippen molar-refractivity contribution in [3.63, 3.8) is 0 Å². The molecule has 2 unspecified atom stereocenters. The van der Waals surface area contributed by atoms with Crippen LogP contribution in [0.15, 0.2) is 12.4 Å². The molecule has 1 amide bonds. The van der Waals surface area contributed by atoms with Crippen LogP contribution in [-0.2, 0) is 16.6 Å². The molecule has 1 aromatic rings. The summed E-state index contributed by atoms with van der Waals surface area (Å²) in [5.41, 5.74) is -0.159. The maximum Gasteiger partial charge on any atom is 0.331 e. The number of amides is 1. The minimum atomic E-state index is -1.08. The van der Waals surface area contributed by atoms with Gasteiger partial charge in [-0.3, -0.25) is 9.48 Å². The van der Waals surface area contributed by atoms with Crippen LogP contribution in [0.4, 0.5) is 0 Å². The maximum atomic E-state index is 12.6. The van der Waals surface area contributed by atoms with Gasteiger partial charge in [-0.05, 0) is 25.8 Å². The van der Waals surface area contributed by atoms with Crippen LogP contribution in [0, 0.1) is 0 Å². The van der Waals surface area contributed by atoms with Gasteiger partial charge < -0.3 is 15.7 Å². The van der Waals surface area contributed by atoms with E-state index in [1.165, 1.54) is 10.9 Å². The fraction of sp³-hybridized carbons (Fsp3) is 0.643. The van der Waals surface area contributed by atoms with E-state index in [1.807, 2.05) is 6.92 Å². The number of nitrogens with one attached hydrogen (secondary N) is 2. The van der Waals surface area contributed by atoms with E-state index >= 15 is 0 Å². The second-order valence-corrected chi connectivity index (χ2v) is 5.55. The zero-order chi connectivity index (χ0) is 15.5. The summed E-state index contributed by atoms with van der Waals surface area (Å²) < 4.78 is 1.52. The Morgan fingerprint density at radius 2 is 2.38 bits per heavy atom. The van der Waals surface area contributed by atoms with Crippen molar-refractivity contribution in [3.05, 3.63) is 18.0 Å². The molecule has 0 bridgehead atoms. The zero-order valence-electron chi connectivity index (χ0n) is 12.4. The average Bonchev–Trinajstić information content (AvgIpc) is 3.06. The topological polar surface area (TPSA) is 96.2 Å². The van der Waals surface area contributed by atoms with E-state index in [0.29, 0.717) is 12.0 Å². The van der Waals surface area contributed by atoms with Crippen molar-refractivity contribution in [2.24, 2.45) is 7.05 Å². The first-order valence-corrected chi connectivity index (χ1v) is 7.26. The second-order valence-electron chi connectivity index (χ2n) is 5.55. The van der Waals surface area contributed by atoms with Gasteiger partial charge in [-0.15, -0.1) is 0 Å². The third-order valence-corrected chi connectivity index (χ3v) is 3.94. The smallest absolute Gasteiger partial charge is 0.331 e. The average molecular weight is 294 g/mol. The molecule has 7 heteroatoms. The molecule has 2 heterocycles. The number of hydrogen-bond acceptors (Lipinski definition) is 4. The number of carboxylic acids is 1. The minimum Gasteiger partial charge on any atom is -0.479 e. The molecule has 1 aliphatic rings. The Balaban J connectivity index is 2.16. The molecule has 116 valence electrons. The number of aliphatic carboxylic acids is 1. The van der Waals surface area contributed by atoms with E-state index < -0.39 is 17.6 Å². The fourth-order valence-corrected chi connectivity index (χ4v) is 2.90. The first kappa shape index (κ1) is 15.5. The summed E-state index contributed by atoms with van der Waals surface area (Å²) in [5.74, 6) is -1.32. The molecule has 2 rings (SSSR count). The van der Waals surface area contributed by atoms with Gasteiger partial charge in [0.25, 0.3) is 0 Å². The number of rotatable bonds is 6. The van der Waals surface area contributed by atoms with Crippen LogP contribution in [0.3, 0.4) is 0 Å². The highest BCUT2D eigenvalue weighted by molar-refractivity contribution is 5.90. The predicted octanol–water partition coefficient (Wildman–Crippen LogP) is 0.584. The van der Waals surface area contributed by atoms with Crippen molar-refractivity contribution in [1.82, 2.24) is 20.4 Å². The van der Waals surface area contributed by atoms with Crippen molar-refractivity contribution in [1.29, 1.82) is 0 Å². The molecular formula is C14H22N4O3. The van der Waals surface area contributed by atoms with Crippen LogP contribution >= 0.6 is 0 Å². The molecular weight excluding hydrogens is 272 g/mol. The molecule has 3 N–H and O–H groups in total. The third-order valence-electron chi connectivity index (χ3n) is 3.94. The molecule has 1 aromatic heterocycles. The SMILES string of the molecule is CCCC1(C(=O)NC(C(=O)O)c2cnn(C)c2)CCCN1. The summed E-state index contributed by atoms with van der Waals surface area (Å²) in [4.78, 5) is 24.0. The molecule has 0 radical (unpaired) electrons. The van der Waals surface area contributed by atoms with Gasteiger partial charge in [-0.1, -0.05) is 13.3 Å². The molecule has 1 aliphatic heterocycles. The Labute approximate surface area is 123 Å². The van der Waals surface area contributed by atoms with Crippen LogP contribution in [0.5, 0.6) is 0 Å². The quantitative estimate of drug-likeness (QED) is 0.713. The summed E-state index contributed by atoms with van der Waals surface area (Å²) in [6, 6.07) is -1.07. The summed E-state index contributed by atoms with van der Waals surface area (Å²) >= 11 is 0. The number of aromatic nitrogens is 2. The Morgan fingerprint density at radius 3 is 2.86 bits per heavy atom. The van der Waals surface area contributed by atoms with Gasteiger partial charge in [0, 0.05) is 18.8 Å². The molecule has 7 nitrogen and oxygen atoms in total. The van der Waals surface area contributed by atoms with Gasteiger partial charge in [-0.2, -0.15) is 5.10 Å². The second kappa shape index (κ2) is 6.26. The Morgan fingerprint density at radius 1 is 1.62 bits per heavy atom. The highest BCUT2D eigenvalue weighted by Crippen LogP contribution is 2.26. The van der Waals surface area contributed by atoms with E-state index in [0.717, 1.165) is 25.8 Å². The highest BCUT2D eigenvalue weighted by Gasteiger charge is 2.41. The first-order valence-electron chi connectivity index (χ1n) is 7.26. The van der Waals surface area contributed by atoms with Crippen LogP contribution in [-0.4, -0.2) is 38.8 Å². The molecule has 21 heavy (non-hydrogen) atoms. The fourth-order valence-electron chi connectivity index (χ4n) is 2.90. The van der Waals surface area contributed by atoms with Crippen LogP contribution in [0.25, 0.3) is 0 Å². The molecule has 0 aliphatic carbocycles. The number of aryl methyl sites for hydroxylation is 1. The normalized spacial score (nSPS) is 23.0. The summed E-state index contributed by atoms with van der Waals surface area (Å²) in [6.45, 7) is 2.81. The maximum absolute atomic E-state index is 12.6. The van der Waals surface area contributed by atoms with E-state index in [-0.39, 0.29) is 5.91 Å². The van der Waals surface area contributed by atoms with Gasteiger partial charge in [0.1, 0.15) is 0 Å². The monoisotopic (exact) mass is 294 g/mol. The highest BCUT2D eigenvalue weighted by atomic mass is 16.4. The lowest BCUT2D eigenvalue weighted by atomic mass is 9.90. The summed E-state index contributed by atoms with van der Waals surface area (Å²) in [5, 5.41) is 19.2. The molecule has 0 spiro atoms. The van der Waals surface area contributed by atoms with Crippen molar-refractivity contribution < 1.29 is 14.7 Å². The largest absolute Gasteiger partial charge is 0.479 e. The van der Waals surface area contributed by atoms with Gasteiger partial charge in [0.2, 0.25) is 5.91 Å². The Kier molecular flexibility index (Phi) is 4.62. The van der Waals surface area contributed by atoms with E-state index in [9.17, 15) is 14.7 Å². The molecule has 1 fully saturated rings. The number of carboxylic acid groups (broad SMARTS) is 1. The van der Waals surface area contributed by atoms with E-state index in [4.69, 9.17) is 0 Å². The lowest BCUT2D eigenvalue weighted by molar-refractivity contribution is -0.143. The van der Waals surface area contributed by atoms with Crippen molar-refractivity contribution >= 4 is 11.9 Å². The lowest BCUT2D eigenvalue weighted by Crippen LogP contribution is -2.54. The number of nitrogens with zero attached hydrogens (tertiary/aromatic N) is 2. The van der Waals surface area contributed by atoms with E-state index in [1.54, 1.807) is 13.2 Å². The molecule has 0 saturated carbocycles. The van der Waals surface area contributed by atoms with E-state index in [2.05, 4.69) is 15.7 Å². The van der Waals surface area contributed by atoms with Gasteiger partial charge in [0.15, 0.2) is 6.04 Å². The van der Waals surface area contributed by atoms with Gasteiger partial charge in [0.05, 0.1) is 11.7 Å². The minimum absolute atomic E-state index is 0.238. The Hall–Kier alpha value is -1.89. The first-order chi connectivity index (χ1) is 9.98. The molecule has 0 aromatic carbocycles. The predicted molar refractivity (Wildman–Crippen MR) is 76.6 cm³/mol. The third kappa shape index (κ3) is 3.24. The van der Waals surface area contributed by atoms with Crippen molar-refractivity contribution in [3.8, 4) is 0 Å². The summed E-state index contributed by atoms with van der Waals surface area (Å²) in [6.07, 6.45) is 6.31. The molecule has 1 saturated heterocycles. The van der Waals surface area contributed by atoms with Crippen LogP contribution in [0.2, 0.25) is 0 Å². The van der Waals surface area contributed by atoms with Gasteiger partial charge >= 0.3 is 5.97 Å². The van der Waals surface area contributed by atoms with Crippen LogP contribution < -0.4 is 10.6 Å². The molecule has 2 atom stereocenters. The van der Waals surface area contributed by atoms with Crippen LogP contribution in [0.1, 0.15) is 44.2 Å². The van der Waals surface area contributed by atoms with Crippen molar-refractivity contribution in [2.45, 2.75) is 44.2 Å². The summed E-state index contributed by atoms with van der Waals surface area (Å²) in [7, 11) is 1.71. The zero-order valence-corrected chi connectivity index (χ0v) is 12.4.